The second kappa shape index (κ2) is 9.76. The first-order chi connectivity index (χ1) is 15.9. The molecule has 2 aromatic carbocycles. The van der Waals surface area contributed by atoms with Gasteiger partial charge in [-0.25, -0.2) is 28.1 Å². The number of thiazole rings is 1. The number of carbonyl (C=O) groups is 1. The second-order valence-electron chi connectivity index (χ2n) is 6.78. The standard InChI is InChI=1S/C22H19N5O4S2/c1-15-20(32-19(25-15)14-31-17-6-3-2-4-7-17)21(28)26-16-8-10-18(11-9-16)33(29,30)27-22-23-12-5-13-24-22/h2-13H,14H2,1H3,(H,26,28)(H,23,24,27). The number of amides is 1. The molecule has 0 aliphatic rings. The van der Waals surface area contributed by atoms with E-state index in [0.717, 1.165) is 5.75 Å². The summed E-state index contributed by atoms with van der Waals surface area (Å²) in [4.78, 5) is 25.3. The van der Waals surface area contributed by atoms with Gasteiger partial charge in [0.05, 0.1) is 10.6 Å². The van der Waals surface area contributed by atoms with Crippen LogP contribution >= 0.6 is 11.3 Å². The van der Waals surface area contributed by atoms with Gasteiger partial charge in [-0.3, -0.25) is 4.79 Å². The van der Waals surface area contributed by atoms with Crippen LogP contribution in [0.15, 0.2) is 78.0 Å². The van der Waals surface area contributed by atoms with E-state index in [9.17, 15) is 13.2 Å². The van der Waals surface area contributed by atoms with Crippen molar-refractivity contribution in [2.75, 3.05) is 10.0 Å². The zero-order valence-corrected chi connectivity index (χ0v) is 19.1. The van der Waals surface area contributed by atoms with Crippen LogP contribution in [0.3, 0.4) is 0 Å². The molecule has 9 nitrogen and oxygen atoms in total. The van der Waals surface area contributed by atoms with Crippen molar-refractivity contribution in [3.8, 4) is 5.75 Å². The molecule has 0 spiro atoms. The zero-order valence-electron chi connectivity index (χ0n) is 17.4. The molecule has 2 N–H and O–H groups in total. The maximum absolute atomic E-state index is 12.7. The smallest absolute Gasteiger partial charge is 0.267 e. The fraction of sp³-hybridized carbons (Fsp3) is 0.0909. The fourth-order valence-corrected chi connectivity index (χ4v) is 4.65. The average molecular weight is 482 g/mol. The van der Waals surface area contributed by atoms with Crippen molar-refractivity contribution in [1.29, 1.82) is 0 Å². The lowest BCUT2D eigenvalue weighted by Crippen LogP contribution is -2.15. The maximum atomic E-state index is 12.7. The summed E-state index contributed by atoms with van der Waals surface area (Å²) < 4.78 is 32.9. The van der Waals surface area contributed by atoms with Crippen molar-refractivity contribution >= 4 is 38.9 Å². The van der Waals surface area contributed by atoms with Crippen LogP contribution in [-0.4, -0.2) is 29.3 Å². The van der Waals surface area contributed by atoms with Gasteiger partial charge >= 0.3 is 0 Å². The molecule has 2 heterocycles. The number of ether oxygens (including phenoxy) is 1. The molecule has 11 heteroatoms. The molecule has 1 amide bonds. The minimum atomic E-state index is -3.85. The van der Waals surface area contributed by atoms with E-state index in [1.54, 1.807) is 13.0 Å². The van der Waals surface area contributed by atoms with Gasteiger partial charge in [0.15, 0.2) is 0 Å². The highest BCUT2D eigenvalue weighted by molar-refractivity contribution is 7.92. The lowest BCUT2D eigenvalue weighted by molar-refractivity contribution is 0.103. The Hall–Kier alpha value is -3.83. The number of benzene rings is 2. The third-order valence-electron chi connectivity index (χ3n) is 4.37. The summed E-state index contributed by atoms with van der Waals surface area (Å²) in [5, 5.41) is 3.44. The Morgan fingerprint density at radius 1 is 1.00 bits per heavy atom. The number of nitrogens with one attached hydrogen (secondary N) is 2. The van der Waals surface area contributed by atoms with E-state index in [1.165, 1.54) is 48.0 Å². The van der Waals surface area contributed by atoms with Gasteiger partial charge in [-0.05, 0) is 49.4 Å². The highest BCUT2D eigenvalue weighted by atomic mass is 32.2. The van der Waals surface area contributed by atoms with Crippen molar-refractivity contribution in [3.63, 3.8) is 0 Å². The monoisotopic (exact) mass is 481 g/mol. The van der Waals surface area contributed by atoms with Crippen LogP contribution in [0.25, 0.3) is 0 Å². The first-order valence-corrected chi connectivity index (χ1v) is 12.1. The fourth-order valence-electron chi connectivity index (χ4n) is 2.82. The summed E-state index contributed by atoms with van der Waals surface area (Å²) in [6.45, 7) is 2.01. The maximum Gasteiger partial charge on any atom is 0.267 e. The van der Waals surface area contributed by atoms with Gasteiger partial charge in [-0.2, -0.15) is 0 Å². The summed E-state index contributed by atoms with van der Waals surface area (Å²) in [5.74, 6) is 0.365. The third kappa shape index (κ3) is 5.70. The Labute approximate surface area is 194 Å². The van der Waals surface area contributed by atoms with Gasteiger partial charge in [0, 0.05) is 18.1 Å². The molecule has 2 aromatic heterocycles. The number of aromatic nitrogens is 3. The molecule has 4 rings (SSSR count). The number of para-hydroxylation sites is 1. The molecule has 0 aliphatic carbocycles. The SMILES string of the molecule is Cc1nc(COc2ccccc2)sc1C(=O)Nc1ccc(S(=O)(=O)Nc2ncccn2)cc1. The predicted molar refractivity (Wildman–Crippen MR) is 125 cm³/mol. The number of anilines is 2. The van der Waals surface area contributed by atoms with Crippen LogP contribution in [0.4, 0.5) is 11.6 Å². The second-order valence-corrected chi connectivity index (χ2v) is 9.55. The normalized spacial score (nSPS) is 11.1. The predicted octanol–water partition coefficient (Wildman–Crippen LogP) is 3.87. The van der Waals surface area contributed by atoms with Gasteiger partial charge in [-0.1, -0.05) is 18.2 Å². The van der Waals surface area contributed by atoms with Crippen LogP contribution in [0, 0.1) is 6.92 Å². The van der Waals surface area contributed by atoms with Gasteiger partial charge in [0.1, 0.15) is 22.2 Å². The Morgan fingerprint density at radius 2 is 1.70 bits per heavy atom. The van der Waals surface area contributed by atoms with Crippen molar-refractivity contribution in [2.24, 2.45) is 0 Å². The van der Waals surface area contributed by atoms with E-state index >= 15 is 0 Å². The zero-order chi connectivity index (χ0) is 23.3. The van der Waals surface area contributed by atoms with E-state index in [4.69, 9.17) is 4.74 Å². The molecule has 0 unspecified atom stereocenters. The number of hydrogen-bond donors (Lipinski definition) is 2. The van der Waals surface area contributed by atoms with Crippen LogP contribution in [0.2, 0.25) is 0 Å². The summed E-state index contributed by atoms with van der Waals surface area (Å²) in [5.41, 5.74) is 1.04. The van der Waals surface area contributed by atoms with Gasteiger partial charge < -0.3 is 10.1 Å². The van der Waals surface area contributed by atoms with Gasteiger partial charge in [-0.15, -0.1) is 11.3 Å². The number of carbonyl (C=O) groups excluding carboxylic acids is 1. The molecule has 0 aliphatic heterocycles. The molecule has 4 aromatic rings. The van der Waals surface area contributed by atoms with Crippen LogP contribution in [-0.2, 0) is 16.6 Å². The largest absolute Gasteiger partial charge is 0.486 e. The van der Waals surface area contributed by atoms with Gasteiger partial charge in [0.2, 0.25) is 5.95 Å². The topological polar surface area (TPSA) is 123 Å². The van der Waals surface area contributed by atoms with Crippen molar-refractivity contribution in [1.82, 2.24) is 15.0 Å². The van der Waals surface area contributed by atoms with Crippen LogP contribution < -0.4 is 14.8 Å². The molecule has 0 saturated carbocycles. The first-order valence-electron chi connectivity index (χ1n) is 9.76. The molecule has 0 saturated heterocycles. The van der Waals surface area contributed by atoms with E-state index in [-0.39, 0.29) is 23.4 Å². The van der Waals surface area contributed by atoms with Crippen LogP contribution in [0.5, 0.6) is 5.75 Å². The van der Waals surface area contributed by atoms with E-state index < -0.39 is 10.0 Å². The lowest BCUT2D eigenvalue weighted by atomic mass is 10.3. The lowest BCUT2D eigenvalue weighted by Gasteiger charge is -2.08. The average Bonchev–Trinajstić information content (AvgIpc) is 3.20. The summed E-state index contributed by atoms with van der Waals surface area (Å²) in [7, 11) is -3.85. The van der Waals surface area contributed by atoms with Crippen molar-refractivity contribution in [3.05, 3.63) is 88.6 Å². The number of aryl methyl sites for hydroxylation is 1. The van der Waals surface area contributed by atoms with Crippen molar-refractivity contribution in [2.45, 2.75) is 18.4 Å². The highest BCUT2D eigenvalue weighted by Gasteiger charge is 2.18. The van der Waals surface area contributed by atoms with Gasteiger partial charge in [0.25, 0.3) is 15.9 Å². The Morgan fingerprint density at radius 3 is 2.39 bits per heavy atom. The molecular formula is C22H19N5O4S2. The third-order valence-corrected chi connectivity index (χ3v) is 6.84. The molecule has 168 valence electrons. The molecule has 33 heavy (non-hydrogen) atoms. The molecular weight excluding hydrogens is 462 g/mol. The Kier molecular flexibility index (Phi) is 6.61. The Bertz CT molecular complexity index is 1340. The van der Waals surface area contributed by atoms with Crippen LogP contribution in [0.1, 0.15) is 20.4 Å². The molecule has 0 fully saturated rings. The molecule has 0 atom stereocenters. The summed E-state index contributed by atoms with van der Waals surface area (Å²) in [6, 6.07) is 16.7. The van der Waals surface area contributed by atoms with Crippen molar-refractivity contribution < 1.29 is 17.9 Å². The molecule has 0 radical (unpaired) electrons. The minimum Gasteiger partial charge on any atom is -0.486 e. The number of rotatable bonds is 8. The number of nitrogens with zero attached hydrogens (tertiary/aromatic N) is 3. The summed E-state index contributed by atoms with van der Waals surface area (Å²) in [6.07, 6.45) is 2.87. The van der Waals surface area contributed by atoms with E-state index in [1.807, 2.05) is 30.3 Å². The quantitative estimate of drug-likeness (QED) is 0.391. The minimum absolute atomic E-state index is 0.0160. The van der Waals surface area contributed by atoms with E-state index in [2.05, 4.69) is 25.0 Å². The highest BCUT2D eigenvalue weighted by Crippen LogP contribution is 2.22. The Balaban J connectivity index is 1.40. The first kappa shape index (κ1) is 22.4. The molecule has 0 bridgehead atoms. The van der Waals surface area contributed by atoms with E-state index in [0.29, 0.717) is 21.3 Å². The number of hydrogen-bond acceptors (Lipinski definition) is 8. The summed E-state index contributed by atoms with van der Waals surface area (Å²) >= 11 is 1.25. The number of sulfonamides is 1.